The van der Waals surface area contributed by atoms with Crippen molar-refractivity contribution in [2.75, 3.05) is 31.6 Å². The zero-order chi connectivity index (χ0) is 18.1. The van der Waals surface area contributed by atoms with E-state index >= 15 is 0 Å². The summed E-state index contributed by atoms with van der Waals surface area (Å²) in [6.45, 7) is 3.69. The van der Waals surface area contributed by atoms with Crippen molar-refractivity contribution in [3.63, 3.8) is 0 Å². The molecule has 1 amide bonds. The molecular formula is C18H21N5O2. The maximum atomic E-state index is 12.2. The van der Waals surface area contributed by atoms with Gasteiger partial charge in [0.15, 0.2) is 0 Å². The SMILES string of the molecule is CCN(CCN(C)c1nccc(C#N)n1)C(=O)OCc1ccccc1. The van der Waals surface area contributed by atoms with Crippen molar-refractivity contribution in [3.8, 4) is 6.07 Å². The molecule has 1 aromatic heterocycles. The number of likely N-dealkylation sites (N-methyl/N-ethyl adjacent to an activating group) is 2. The van der Waals surface area contributed by atoms with Gasteiger partial charge in [-0.15, -0.1) is 0 Å². The number of hydrogen-bond donors (Lipinski definition) is 0. The number of aromatic nitrogens is 2. The molecule has 0 saturated heterocycles. The Morgan fingerprint density at radius 1 is 1.24 bits per heavy atom. The molecule has 2 aromatic rings. The number of amides is 1. The van der Waals surface area contributed by atoms with Crippen LogP contribution in [0.1, 0.15) is 18.2 Å². The molecule has 0 aliphatic heterocycles. The van der Waals surface area contributed by atoms with Crippen molar-refractivity contribution in [3.05, 3.63) is 53.9 Å². The van der Waals surface area contributed by atoms with Crippen LogP contribution in [0, 0.1) is 11.3 Å². The number of anilines is 1. The van der Waals surface area contributed by atoms with Gasteiger partial charge in [-0.2, -0.15) is 5.26 Å². The van der Waals surface area contributed by atoms with Crippen molar-refractivity contribution in [1.82, 2.24) is 14.9 Å². The fraction of sp³-hybridized carbons (Fsp3) is 0.333. The molecule has 0 aliphatic carbocycles. The first-order chi connectivity index (χ1) is 12.1. The lowest BCUT2D eigenvalue weighted by atomic mass is 10.2. The van der Waals surface area contributed by atoms with Gasteiger partial charge in [0.2, 0.25) is 5.95 Å². The lowest BCUT2D eigenvalue weighted by Crippen LogP contribution is -2.38. The van der Waals surface area contributed by atoms with Gasteiger partial charge in [-0.3, -0.25) is 0 Å². The maximum absolute atomic E-state index is 12.2. The van der Waals surface area contributed by atoms with Crippen LogP contribution in [0.2, 0.25) is 0 Å². The fourth-order valence-electron chi connectivity index (χ4n) is 2.15. The van der Waals surface area contributed by atoms with E-state index in [4.69, 9.17) is 10.00 Å². The molecule has 1 aromatic carbocycles. The highest BCUT2D eigenvalue weighted by atomic mass is 16.6. The lowest BCUT2D eigenvalue weighted by molar-refractivity contribution is 0.0989. The van der Waals surface area contributed by atoms with Crippen molar-refractivity contribution in [2.45, 2.75) is 13.5 Å². The second-order valence-corrected chi connectivity index (χ2v) is 5.40. The number of ether oxygens (including phenoxy) is 1. The van der Waals surface area contributed by atoms with Gasteiger partial charge in [-0.05, 0) is 18.6 Å². The number of rotatable bonds is 7. The molecule has 0 unspecified atom stereocenters. The van der Waals surface area contributed by atoms with Crippen LogP contribution in [0.25, 0.3) is 0 Å². The van der Waals surface area contributed by atoms with Crippen LogP contribution >= 0.6 is 0 Å². The Morgan fingerprint density at radius 2 is 2.00 bits per heavy atom. The van der Waals surface area contributed by atoms with E-state index in [1.54, 1.807) is 22.1 Å². The molecule has 0 aliphatic rings. The minimum Gasteiger partial charge on any atom is -0.445 e. The van der Waals surface area contributed by atoms with Gasteiger partial charge in [0.25, 0.3) is 0 Å². The number of nitrogens with zero attached hydrogens (tertiary/aromatic N) is 5. The van der Waals surface area contributed by atoms with E-state index in [1.807, 2.05) is 50.4 Å². The van der Waals surface area contributed by atoms with Crippen molar-refractivity contribution < 1.29 is 9.53 Å². The van der Waals surface area contributed by atoms with E-state index in [1.165, 1.54) is 0 Å². The number of nitriles is 1. The average molecular weight is 339 g/mol. The molecule has 25 heavy (non-hydrogen) atoms. The molecule has 0 fully saturated rings. The van der Waals surface area contributed by atoms with Crippen molar-refractivity contribution in [2.24, 2.45) is 0 Å². The molecular weight excluding hydrogens is 318 g/mol. The van der Waals surface area contributed by atoms with Gasteiger partial charge in [0.1, 0.15) is 18.4 Å². The van der Waals surface area contributed by atoms with Crippen LogP contribution in [0.15, 0.2) is 42.6 Å². The highest BCUT2D eigenvalue weighted by Crippen LogP contribution is 2.07. The topological polar surface area (TPSA) is 82.4 Å². The zero-order valence-corrected chi connectivity index (χ0v) is 14.4. The van der Waals surface area contributed by atoms with Crippen LogP contribution in [-0.2, 0) is 11.3 Å². The number of carbonyl (C=O) groups is 1. The molecule has 7 heteroatoms. The third-order valence-electron chi connectivity index (χ3n) is 3.65. The number of benzene rings is 1. The Morgan fingerprint density at radius 3 is 2.68 bits per heavy atom. The van der Waals surface area contributed by atoms with Gasteiger partial charge in [-0.25, -0.2) is 14.8 Å². The van der Waals surface area contributed by atoms with E-state index in [0.717, 1.165) is 5.56 Å². The summed E-state index contributed by atoms with van der Waals surface area (Å²) < 4.78 is 5.35. The summed E-state index contributed by atoms with van der Waals surface area (Å²) in [5.41, 5.74) is 1.26. The maximum Gasteiger partial charge on any atom is 0.410 e. The molecule has 0 radical (unpaired) electrons. The molecule has 2 rings (SSSR count). The highest BCUT2D eigenvalue weighted by molar-refractivity contribution is 5.67. The van der Waals surface area contributed by atoms with E-state index < -0.39 is 0 Å². The van der Waals surface area contributed by atoms with Gasteiger partial charge in [0.05, 0.1) is 0 Å². The predicted octanol–water partition coefficient (Wildman–Crippen LogP) is 2.44. The highest BCUT2D eigenvalue weighted by Gasteiger charge is 2.15. The van der Waals surface area contributed by atoms with Crippen LogP contribution in [0.3, 0.4) is 0 Å². The standard InChI is InChI=1S/C18H21N5O2/c1-3-23(18(24)25-14-15-7-5-4-6-8-15)12-11-22(2)17-20-10-9-16(13-19)21-17/h4-10H,3,11-12,14H2,1-2H3. The quantitative estimate of drug-likeness (QED) is 0.770. The lowest BCUT2D eigenvalue weighted by Gasteiger charge is -2.24. The Balaban J connectivity index is 1.86. The van der Waals surface area contributed by atoms with Crippen LogP contribution < -0.4 is 4.90 Å². The summed E-state index contributed by atoms with van der Waals surface area (Å²) in [6.07, 6.45) is 1.19. The zero-order valence-electron chi connectivity index (χ0n) is 14.4. The summed E-state index contributed by atoms with van der Waals surface area (Å²) >= 11 is 0. The molecule has 7 nitrogen and oxygen atoms in total. The first-order valence-electron chi connectivity index (χ1n) is 8.04. The average Bonchev–Trinajstić information content (AvgIpc) is 2.67. The largest absolute Gasteiger partial charge is 0.445 e. The minimum atomic E-state index is -0.355. The summed E-state index contributed by atoms with van der Waals surface area (Å²) in [4.78, 5) is 23.9. The Kier molecular flexibility index (Phi) is 6.72. The van der Waals surface area contributed by atoms with Gasteiger partial charge < -0.3 is 14.5 Å². The monoisotopic (exact) mass is 339 g/mol. The Hall–Kier alpha value is -3.14. The van der Waals surface area contributed by atoms with Gasteiger partial charge in [-0.1, -0.05) is 30.3 Å². The Labute approximate surface area is 147 Å². The second-order valence-electron chi connectivity index (χ2n) is 5.40. The molecule has 1 heterocycles. The predicted molar refractivity (Wildman–Crippen MR) is 93.9 cm³/mol. The van der Waals surface area contributed by atoms with Gasteiger partial charge >= 0.3 is 6.09 Å². The Bertz CT molecular complexity index is 730. The first kappa shape index (κ1) is 18.2. The second kappa shape index (κ2) is 9.23. The van der Waals surface area contributed by atoms with Crippen LogP contribution in [0.4, 0.5) is 10.7 Å². The van der Waals surface area contributed by atoms with Crippen molar-refractivity contribution >= 4 is 12.0 Å². The minimum absolute atomic E-state index is 0.249. The molecule has 0 saturated carbocycles. The van der Waals surface area contributed by atoms with E-state index in [0.29, 0.717) is 31.3 Å². The molecule has 0 N–H and O–H groups in total. The molecule has 0 atom stereocenters. The fourth-order valence-corrected chi connectivity index (χ4v) is 2.15. The van der Waals surface area contributed by atoms with Crippen LogP contribution in [0.5, 0.6) is 0 Å². The summed E-state index contributed by atoms with van der Waals surface area (Å²) in [5, 5.41) is 8.90. The number of hydrogen-bond acceptors (Lipinski definition) is 6. The van der Waals surface area contributed by atoms with Crippen LogP contribution in [-0.4, -0.2) is 47.6 Å². The molecule has 130 valence electrons. The van der Waals surface area contributed by atoms with Crippen molar-refractivity contribution in [1.29, 1.82) is 5.26 Å². The third-order valence-corrected chi connectivity index (χ3v) is 3.65. The number of carbonyl (C=O) groups excluding carboxylic acids is 1. The summed E-state index contributed by atoms with van der Waals surface area (Å²) in [6, 6.07) is 13.1. The van der Waals surface area contributed by atoms with E-state index in [-0.39, 0.29) is 12.7 Å². The normalized spacial score (nSPS) is 9.96. The van der Waals surface area contributed by atoms with E-state index in [2.05, 4.69) is 9.97 Å². The third kappa shape index (κ3) is 5.46. The molecule has 0 bridgehead atoms. The first-order valence-corrected chi connectivity index (χ1v) is 8.04. The van der Waals surface area contributed by atoms with Gasteiger partial charge in [0, 0.05) is 32.9 Å². The van der Waals surface area contributed by atoms with E-state index in [9.17, 15) is 4.79 Å². The molecule has 0 spiro atoms. The summed E-state index contributed by atoms with van der Waals surface area (Å²) in [7, 11) is 1.82. The summed E-state index contributed by atoms with van der Waals surface area (Å²) in [5.74, 6) is 0.452. The smallest absolute Gasteiger partial charge is 0.410 e.